The first-order valence-electron chi connectivity index (χ1n) is 8.90. The topological polar surface area (TPSA) is 70.6 Å². The Hall–Kier alpha value is -0.480. The SMILES string of the molecule is CCNC(=NCCCS(=O)(=O)c1ccccc1)NC1CCC(SC)C1.I. The van der Waals surface area contributed by atoms with Crippen molar-refractivity contribution in [3.8, 4) is 0 Å². The standard InChI is InChI=1S/C18H29N3O2S2.HI/c1-3-19-18(21-15-10-11-16(14-15)24-2)20-12-7-13-25(22,23)17-8-5-4-6-9-17;/h4-6,8-9,15-16H,3,7,10-14H2,1-2H3,(H2,19,20,21);1H. The molecule has 0 bridgehead atoms. The molecule has 2 atom stereocenters. The molecule has 1 fully saturated rings. The molecular weight excluding hydrogens is 481 g/mol. The fourth-order valence-electron chi connectivity index (χ4n) is 2.99. The third-order valence-corrected chi connectivity index (χ3v) is 7.26. The van der Waals surface area contributed by atoms with Gasteiger partial charge in [0.2, 0.25) is 0 Å². The van der Waals surface area contributed by atoms with Crippen molar-refractivity contribution in [2.45, 2.75) is 48.8 Å². The highest BCUT2D eigenvalue weighted by Gasteiger charge is 2.24. The molecule has 1 aromatic rings. The summed E-state index contributed by atoms with van der Waals surface area (Å²) >= 11 is 1.93. The van der Waals surface area contributed by atoms with Gasteiger partial charge in [-0.25, -0.2) is 8.42 Å². The number of nitrogens with zero attached hydrogens (tertiary/aromatic N) is 1. The van der Waals surface area contributed by atoms with Crippen molar-refractivity contribution in [1.82, 2.24) is 10.6 Å². The van der Waals surface area contributed by atoms with Crippen LogP contribution in [0, 0.1) is 0 Å². The van der Waals surface area contributed by atoms with Gasteiger partial charge in [-0.1, -0.05) is 18.2 Å². The van der Waals surface area contributed by atoms with Crippen LogP contribution >= 0.6 is 35.7 Å². The largest absolute Gasteiger partial charge is 0.357 e. The predicted octanol–water partition coefficient (Wildman–Crippen LogP) is 3.31. The summed E-state index contributed by atoms with van der Waals surface area (Å²) < 4.78 is 24.5. The smallest absolute Gasteiger partial charge is 0.191 e. The minimum atomic E-state index is -3.22. The fourth-order valence-corrected chi connectivity index (χ4v) is 5.10. The molecule has 0 heterocycles. The molecule has 1 aliphatic rings. The minimum absolute atomic E-state index is 0. The van der Waals surface area contributed by atoms with Gasteiger partial charge in [-0.2, -0.15) is 11.8 Å². The van der Waals surface area contributed by atoms with Gasteiger partial charge in [-0.15, -0.1) is 24.0 Å². The zero-order chi connectivity index (χ0) is 18.1. The number of hydrogen-bond acceptors (Lipinski definition) is 4. The fraction of sp³-hybridized carbons (Fsp3) is 0.611. The first-order chi connectivity index (χ1) is 12.0. The molecule has 2 unspecified atom stereocenters. The van der Waals surface area contributed by atoms with E-state index in [1.54, 1.807) is 24.3 Å². The molecule has 0 amide bonds. The van der Waals surface area contributed by atoms with Gasteiger partial charge >= 0.3 is 0 Å². The van der Waals surface area contributed by atoms with Crippen LogP contribution in [0.4, 0.5) is 0 Å². The highest BCUT2D eigenvalue weighted by atomic mass is 127. The second kappa shape index (κ2) is 12.1. The van der Waals surface area contributed by atoms with E-state index in [1.165, 1.54) is 6.42 Å². The Morgan fingerprint density at radius 3 is 2.62 bits per heavy atom. The highest BCUT2D eigenvalue weighted by Crippen LogP contribution is 2.28. The summed E-state index contributed by atoms with van der Waals surface area (Å²) in [4.78, 5) is 4.93. The number of guanidine groups is 1. The Labute approximate surface area is 179 Å². The highest BCUT2D eigenvalue weighted by molar-refractivity contribution is 14.0. The van der Waals surface area contributed by atoms with Crippen molar-refractivity contribution >= 4 is 51.5 Å². The van der Waals surface area contributed by atoms with Crippen LogP contribution in [0.2, 0.25) is 0 Å². The normalized spacial score (nSPS) is 20.5. The number of thioether (sulfide) groups is 1. The van der Waals surface area contributed by atoms with Crippen molar-refractivity contribution in [2.75, 3.05) is 25.1 Å². The maximum Gasteiger partial charge on any atom is 0.191 e. The van der Waals surface area contributed by atoms with E-state index in [-0.39, 0.29) is 29.7 Å². The molecule has 2 rings (SSSR count). The van der Waals surface area contributed by atoms with Gasteiger partial charge in [0.1, 0.15) is 0 Å². The van der Waals surface area contributed by atoms with E-state index in [0.717, 1.165) is 30.6 Å². The van der Waals surface area contributed by atoms with E-state index < -0.39 is 9.84 Å². The predicted molar refractivity (Wildman–Crippen MR) is 123 cm³/mol. The van der Waals surface area contributed by atoms with Crippen LogP contribution < -0.4 is 10.6 Å². The van der Waals surface area contributed by atoms with Crippen molar-refractivity contribution in [3.63, 3.8) is 0 Å². The molecule has 0 aliphatic heterocycles. The summed E-state index contributed by atoms with van der Waals surface area (Å²) in [5.41, 5.74) is 0. The first-order valence-corrected chi connectivity index (χ1v) is 11.8. The van der Waals surface area contributed by atoms with Crippen molar-refractivity contribution in [3.05, 3.63) is 30.3 Å². The van der Waals surface area contributed by atoms with Crippen molar-refractivity contribution in [1.29, 1.82) is 0 Å². The minimum Gasteiger partial charge on any atom is -0.357 e. The number of halogens is 1. The summed E-state index contributed by atoms with van der Waals surface area (Å²) in [7, 11) is -3.22. The van der Waals surface area contributed by atoms with Crippen LogP contribution in [0.15, 0.2) is 40.2 Å². The van der Waals surface area contributed by atoms with Crippen LogP contribution in [-0.2, 0) is 9.84 Å². The van der Waals surface area contributed by atoms with Crippen LogP contribution in [0.25, 0.3) is 0 Å². The zero-order valence-electron chi connectivity index (χ0n) is 15.5. The molecule has 2 N–H and O–H groups in total. The molecular formula is C18H30IN3O2S2. The summed E-state index contributed by atoms with van der Waals surface area (Å²) in [6.07, 6.45) is 6.26. The van der Waals surface area contributed by atoms with Gasteiger partial charge < -0.3 is 10.6 Å². The zero-order valence-corrected chi connectivity index (χ0v) is 19.4. The van der Waals surface area contributed by atoms with E-state index in [4.69, 9.17) is 0 Å². The van der Waals surface area contributed by atoms with Crippen molar-refractivity contribution in [2.24, 2.45) is 4.99 Å². The third kappa shape index (κ3) is 7.64. The lowest BCUT2D eigenvalue weighted by atomic mass is 10.2. The van der Waals surface area contributed by atoms with E-state index in [2.05, 4.69) is 21.9 Å². The number of sulfone groups is 1. The third-order valence-electron chi connectivity index (χ3n) is 4.35. The summed E-state index contributed by atoms with van der Waals surface area (Å²) in [5, 5.41) is 7.47. The lowest BCUT2D eigenvalue weighted by Crippen LogP contribution is -2.42. The molecule has 1 aromatic carbocycles. The van der Waals surface area contributed by atoms with Gasteiger partial charge in [0.05, 0.1) is 10.6 Å². The molecule has 1 aliphatic carbocycles. The van der Waals surface area contributed by atoms with Crippen LogP contribution in [0.3, 0.4) is 0 Å². The number of hydrogen-bond donors (Lipinski definition) is 2. The van der Waals surface area contributed by atoms with Gasteiger partial charge in [-0.05, 0) is 51.0 Å². The molecule has 0 aromatic heterocycles. The monoisotopic (exact) mass is 511 g/mol. The Morgan fingerprint density at radius 1 is 1.27 bits per heavy atom. The Bertz CT molecular complexity index is 654. The molecule has 0 radical (unpaired) electrons. The molecule has 5 nitrogen and oxygen atoms in total. The van der Waals surface area contributed by atoms with Crippen LogP contribution in [0.1, 0.15) is 32.6 Å². The molecule has 26 heavy (non-hydrogen) atoms. The summed E-state index contributed by atoms with van der Waals surface area (Å²) in [6, 6.07) is 9.08. The molecule has 0 saturated heterocycles. The quantitative estimate of drug-likeness (QED) is 0.243. The Balaban J connectivity index is 0.00000338. The molecule has 148 valence electrons. The molecule has 8 heteroatoms. The van der Waals surface area contributed by atoms with E-state index in [0.29, 0.717) is 23.9 Å². The van der Waals surface area contributed by atoms with E-state index in [9.17, 15) is 8.42 Å². The molecule has 1 saturated carbocycles. The Kier molecular flexibility index (Phi) is 10.9. The van der Waals surface area contributed by atoms with Gasteiger partial charge in [-0.3, -0.25) is 4.99 Å². The maximum absolute atomic E-state index is 12.3. The number of aliphatic imine (C=N–C) groups is 1. The van der Waals surface area contributed by atoms with Gasteiger partial charge in [0.25, 0.3) is 0 Å². The van der Waals surface area contributed by atoms with Gasteiger partial charge in [0.15, 0.2) is 15.8 Å². The van der Waals surface area contributed by atoms with E-state index >= 15 is 0 Å². The second-order valence-corrected chi connectivity index (χ2v) is 9.51. The number of rotatable bonds is 8. The van der Waals surface area contributed by atoms with E-state index in [1.807, 2.05) is 24.8 Å². The average Bonchev–Trinajstić information content (AvgIpc) is 3.07. The second-order valence-electron chi connectivity index (χ2n) is 6.26. The number of nitrogens with one attached hydrogen (secondary N) is 2. The molecule has 0 spiro atoms. The lowest BCUT2D eigenvalue weighted by molar-refractivity contribution is 0.592. The lowest BCUT2D eigenvalue weighted by Gasteiger charge is -2.17. The van der Waals surface area contributed by atoms with Crippen LogP contribution in [-0.4, -0.2) is 50.8 Å². The first kappa shape index (κ1) is 23.6. The van der Waals surface area contributed by atoms with Gasteiger partial charge in [0, 0.05) is 24.4 Å². The Morgan fingerprint density at radius 2 is 2.00 bits per heavy atom. The number of benzene rings is 1. The summed E-state index contributed by atoms with van der Waals surface area (Å²) in [6.45, 7) is 3.34. The average molecular weight is 511 g/mol. The maximum atomic E-state index is 12.3. The van der Waals surface area contributed by atoms with Crippen molar-refractivity contribution < 1.29 is 8.42 Å². The van der Waals surface area contributed by atoms with Crippen LogP contribution in [0.5, 0.6) is 0 Å². The summed E-state index contributed by atoms with van der Waals surface area (Å²) in [5.74, 6) is 0.920.